The molecule has 1 aliphatic carbocycles. The minimum atomic E-state index is -0.653. The van der Waals surface area contributed by atoms with Gasteiger partial charge in [0.05, 0.1) is 6.61 Å². The molecule has 0 saturated carbocycles. The summed E-state index contributed by atoms with van der Waals surface area (Å²) in [6.07, 6.45) is 2.61. The summed E-state index contributed by atoms with van der Waals surface area (Å²) in [6, 6.07) is 5.76. The molecule has 0 fully saturated rings. The van der Waals surface area contributed by atoms with Gasteiger partial charge in [0.25, 0.3) is 0 Å². The number of ether oxygens (including phenoxy) is 2. The quantitative estimate of drug-likeness (QED) is 0.590. The molecule has 0 aliphatic heterocycles. The van der Waals surface area contributed by atoms with E-state index in [1.54, 1.807) is 6.92 Å². The molecule has 102 valence electrons. The van der Waals surface area contributed by atoms with Crippen LogP contribution in [0.15, 0.2) is 24.3 Å². The number of hydrogen-bond donors (Lipinski definition) is 0. The van der Waals surface area contributed by atoms with Gasteiger partial charge in [0.1, 0.15) is 5.75 Å². The molecule has 0 saturated heterocycles. The van der Waals surface area contributed by atoms with Gasteiger partial charge in [-0.15, -0.1) is 0 Å². The molecule has 3 nitrogen and oxygen atoms in total. The lowest BCUT2D eigenvalue weighted by atomic mass is 9.76. The van der Waals surface area contributed by atoms with Crippen LogP contribution in [0.4, 0.5) is 4.79 Å². The molecule has 0 bridgehead atoms. The van der Waals surface area contributed by atoms with Crippen LogP contribution in [0.1, 0.15) is 38.8 Å². The van der Waals surface area contributed by atoms with Crippen molar-refractivity contribution in [3.63, 3.8) is 0 Å². The molecule has 2 rings (SSSR count). The van der Waals surface area contributed by atoms with E-state index in [0.717, 1.165) is 12.0 Å². The fourth-order valence-electron chi connectivity index (χ4n) is 2.59. The van der Waals surface area contributed by atoms with E-state index in [1.807, 2.05) is 18.2 Å². The molecule has 0 aromatic heterocycles. The van der Waals surface area contributed by atoms with Crippen molar-refractivity contribution < 1.29 is 14.3 Å². The number of hydrogen-bond acceptors (Lipinski definition) is 3. The molecule has 0 radical (unpaired) electrons. The van der Waals surface area contributed by atoms with Crippen molar-refractivity contribution in [2.45, 2.75) is 34.1 Å². The summed E-state index contributed by atoms with van der Waals surface area (Å²) in [5.74, 6) is 0.532. The fourth-order valence-corrected chi connectivity index (χ4v) is 2.59. The zero-order valence-corrected chi connectivity index (χ0v) is 11.9. The second kappa shape index (κ2) is 5.08. The van der Waals surface area contributed by atoms with E-state index in [-0.39, 0.29) is 5.41 Å². The molecule has 19 heavy (non-hydrogen) atoms. The monoisotopic (exact) mass is 260 g/mol. The number of benzene rings is 1. The molecular weight excluding hydrogens is 240 g/mol. The van der Waals surface area contributed by atoms with Gasteiger partial charge >= 0.3 is 6.16 Å². The first-order valence-corrected chi connectivity index (χ1v) is 6.58. The van der Waals surface area contributed by atoms with Crippen molar-refractivity contribution in [3.05, 3.63) is 35.4 Å². The number of fused-ring (bicyclic) bond motifs is 1. The highest BCUT2D eigenvalue weighted by Crippen LogP contribution is 2.37. The summed E-state index contributed by atoms with van der Waals surface area (Å²) in [5, 5.41) is 0. The minimum Gasteiger partial charge on any atom is -0.434 e. The Bertz CT molecular complexity index is 527. The number of carbonyl (C=O) groups is 1. The normalized spacial score (nSPS) is 16.3. The van der Waals surface area contributed by atoms with Crippen LogP contribution >= 0.6 is 0 Å². The predicted molar refractivity (Wildman–Crippen MR) is 75.2 cm³/mol. The number of rotatable bonds is 2. The lowest BCUT2D eigenvalue weighted by molar-refractivity contribution is 0.104. The van der Waals surface area contributed by atoms with Gasteiger partial charge in [-0.05, 0) is 54.5 Å². The Balaban J connectivity index is 2.25. The van der Waals surface area contributed by atoms with Crippen molar-refractivity contribution in [1.82, 2.24) is 0 Å². The van der Waals surface area contributed by atoms with Crippen molar-refractivity contribution in [3.8, 4) is 5.75 Å². The lowest BCUT2D eigenvalue weighted by Gasteiger charge is -2.28. The van der Waals surface area contributed by atoms with Gasteiger partial charge in [-0.3, -0.25) is 0 Å². The molecular formula is C16H20O3. The lowest BCUT2D eigenvalue weighted by Crippen LogP contribution is -2.18. The van der Waals surface area contributed by atoms with Crippen molar-refractivity contribution in [2.75, 3.05) is 6.61 Å². The molecule has 3 heteroatoms. The third-order valence-corrected chi connectivity index (χ3v) is 3.22. The van der Waals surface area contributed by atoms with Gasteiger partial charge in [0, 0.05) is 0 Å². The molecule has 0 N–H and O–H groups in total. The van der Waals surface area contributed by atoms with Crippen LogP contribution in [0.2, 0.25) is 0 Å². The highest BCUT2D eigenvalue weighted by molar-refractivity contribution is 5.72. The molecule has 1 aliphatic rings. The Morgan fingerprint density at radius 2 is 2.11 bits per heavy atom. The third-order valence-electron chi connectivity index (χ3n) is 3.22. The number of allylic oxidation sites excluding steroid dienone is 2. The van der Waals surface area contributed by atoms with Gasteiger partial charge in [0.15, 0.2) is 0 Å². The van der Waals surface area contributed by atoms with E-state index in [4.69, 9.17) is 9.47 Å². The van der Waals surface area contributed by atoms with Crippen LogP contribution in [-0.2, 0) is 11.2 Å². The van der Waals surface area contributed by atoms with Gasteiger partial charge in [-0.25, -0.2) is 4.79 Å². The Morgan fingerprint density at radius 3 is 2.79 bits per heavy atom. The summed E-state index contributed by atoms with van der Waals surface area (Å²) in [7, 11) is 0. The molecule has 1 aromatic rings. The smallest absolute Gasteiger partial charge is 0.434 e. The Labute approximate surface area is 114 Å². The SMILES string of the molecule is CCOC(=O)Oc1ccc2c(c1)C(C)=CC(C)(C)C2. The zero-order valence-electron chi connectivity index (χ0n) is 11.9. The summed E-state index contributed by atoms with van der Waals surface area (Å²) >= 11 is 0. The third kappa shape index (κ3) is 3.16. The fraction of sp³-hybridized carbons (Fsp3) is 0.438. The van der Waals surface area contributed by atoms with Gasteiger partial charge in [-0.2, -0.15) is 0 Å². The van der Waals surface area contributed by atoms with E-state index < -0.39 is 6.16 Å². The van der Waals surface area contributed by atoms with E-state index in [2.05, 4.69) is 26.8 Å². The second-order valence-electron chi connectivity index (χ2n) is 5.60. The highest BCUT2D eigenvalue weighted by atomic mass is 16.7. The first kappa shape index (κ1) is 13.7. The van der Waals surface area contributed by atoms with E-state index in [9.17, 15) is 4.79 Å². The van der Waals surface area contributed by atoms with E-state index in [0.29, 0.717) is 12.4 Å². The molecule has 0 atom stereocenters. The second-order valence-corrected chi connectivity index (χ2v) is 5.60. The topological polar surface area (TPSA) is 35.5 Å². The van der Waals surface area contributed by atoms with Crippen molar-refractivity contribution >= 4 is 11.7 Å². The summed E-state index contributed by atoms with van der Waals surface area (Å²) in [4.78, 5) is 11.3. The molecule has 0 amide bonds. The Morgan fingerprint density at radius 1 is 1.37 bits per heavy atom. The maximum absolute atomic E-state index is 11.3. The first-order chi connectivity index (χ1) is 8.91. The summed E-state index contributed by atoms with van der Waals surface area (Å²) < 4.78 is 9.91. The standard InChI is InChI=1S/C16H20O3/c1-5-18-15(17)19-13-7-6-12-10-16(3,4)9-11(2)14(12)8-13/h6-9H,5,10H2,1-4H3. The van der Waals surface area contributed by atoms with E-state index in [1.165, 1.54) is 11.1 Å². The maximum atomic E-state index is 11.3. The van der Waals surface area contributed by atoms with Gasteiger partial charge in [0.2, 0.25) is 0 Å². The largest absolute Gasteiger partial charge is 0.513 e. The number of carbonyl (C=O) groups excluding carboxylic acids is 1. The van der Waals surface area contributed by atoms with Crippen LogP contribution in [0.5, 0.6) is 5.75 Å². The molecule has 0 heterocycles. The van der Waals surface area contributed by atoms with Crippen LogP contribution in [0.3, 0.4) is 0 Å². The van der Waals surface area contributed by atoms with Crippen molar-refractivity contribution in [1.29, 1.82) is 0 Å². The van der Waals surface area contributed by atoms with Crippen LogP contribution in [0.25, 0.3) is 5.57 Å². The average Bonchev–Trinajstić information content (AvgIpc) is 2.29. The van der Waals surface area contributed by atoms with Crippen LogP contribution in [0, 0.1) is 5.41 Å². The Hall–Kier alpha value is -1.77. The highest BCUT2D eigenvalue weighted by Gasteiger charge is 2.23. The van der Waals surface area contributed by atoms with Gasteiger partial charge < -0.3 is 9.47 Å². The molecule has 1 aromatic carbocycles. The van der Waals surface area contributed by atoms with E-state index >= 15 is 0 Å². The van der Waals surface area contributed by atoms with Crippen LogP contribution < -0.4 is 4.74 Å². The van der Waals surface area contributed by atoms with Gasteiger partial charge in [-0.1, -0.05) is 26.0 Å². The first-order valence-electron chi connectivity index (χ1n) is 6.58. The molecule has 0 unspecified atom stereocenters. The van der Waals surface area contributed by atoms with Crippen LogP contribution in [-0.4, -0.2) is 12.8 Å². The minimum absolute atomic E-state index is 0.181. The average molecular weight is 260 g/mol. The maximum Gasteiger partial charge on any atom is 0.513 e. The zero-order chi connectivity index (χ0) is 14.0. The summed E-state index contributed by atoms with van der Waals surface area (Å²) in [5.41, 5.74) is 3.85. The Kier molecular flexibility index (Phi) is 3.65. The molecule has 0 spiro atoms. The summed E-state index contributed by atoms with van der Waals surface area (Å²) in [6.45, 7) is 8.61. The predicted octanol–water partition coefficient (Wildman–Crippen LogP) is 4.21. The van der Waals surface area contributed by atoms with Crippen molar-refractivity contribution in [2.24, 2.45) is 5.41 Å².